The second kappa shape index (κ2) is 10.7. The van der Waals surface area contributed by atoms with Gasteiger partial charge in [0.25, 0.3) is 0 Å². The molecule has 1 aliphatic carbocycles. The predicted octanol–water partition coefficient (Wildman–Crippen LogP) is 3.94. The van der Waals surface area contributed by atoms with Crippen molar-refractivity contribution < 1.29 is 33.7 Å². The lowest BCUT2D eigenvalue weighted by atomic mass is 9.98. The highest BCUT2D eigenvalue weighted by molar-refractivity contribution is 5.89. The maximum Gasteiger partial charge on any atom is 0.407 e. The molecule has 0 heterocycles. The number of ether oxygens (including phenoxy) is 2. The Balaban J connectivity index is 1.29. The van der Waals surface area contributed by atoms with Gasteiger partial charge in [-0.2, -0.15) is 0 Å². The lowest BCUT2D eigenvalue weighted by Gasteiger charge is -2.19. The number of halogens is 1. The summed E-state index contributed by atoms with van der Waals surface area (Å²) in [5, 5.41) is 23.3. The van der Waals surface area contributed by atoms with Gasteiger partial charge in [-0.15, -0.1) is 0 Å². The molecular weight excluding hydrogens is 453 g/mol. The standard InChI is InChI=1S/C27H26FNO6/c1-34-26(32)21-14-16(10-11-23(21)28)25(31)24(30)12-13-29-27(33)35-15-22-19-8-4-2-6-17(19)18-7-3-5-9-20(18)22/h2-11,14,22,24-25,30-31H,12-13,15H2,1H3,(H,29,33). The van der Waals surface area contributed by atoms with Crippen molar-refractivity contribution in [3.05, 3.63) is 94.8 Å². The van der Waals surface area contributed by atoms with Gasteiger partial charge in [0.2, 0.25) is 0 Å². The Hall–Kier alpha value is -3.75. The summed E-state index contributed by atoms with van der Waals surface area (Å²) in [5.41, 5.74) is 4.28. The average Bonchev–Trinajstić information content (AvgIpc) is 3.20. The number of rotatable bonds is 8. The number of amides is 1. The first-order valence-corrected chi connectivity index (χ1v) is 11.2. The fraction of sp³-hybridized carbons (Fsp3) is 0.259. The first-order chi connectivity index (χ1) is 16.9. The highest BCUT2D eigenvalue weighted by atomic mass is 19.1. The van der Waals surface area contributed by atoms with Gasteiger partial charge in [0, 0.05) is 12.5 Å². The van der Waals surface area contributed by atoms with Crippen molar-refractivity contribution in [2.24, 2.45) is 0 Å². The minimum absolute atomic E-state index is 0.0102. The number of carbonyl (C=O) groups excluding carboxylic acids is 2. The Bertz CT molecular complexity index is 1180. The zero-order valence-electron chi connectivity index (χ0n) is 19.1. The number of esters is 1. The summed E-state index contributed by atoms with van der Waals surface area (Å²) >= 11 is 0. The lowest BCUT2D eigenvalue weighted by molar-refractivity contribution is 0.0135. The Kier molecular flexibility index (Phi) is 7.43. The van der Waals surface area contributed by atoms with Crippen LogP contribution < -0.4 is 5.32 Å². The molecule has 8 heteroatoms. The van der Waals surface area contributed by atoms with E-state index in [2.05, 4.69) is 22.2 Å². The Labute approximate surface area is 202 Å². The first kappa shape index (κ1) is 24.4. The van der Waals surface area contributed by atoms with E-state index in [4.69, 9.17) is 4.74 Å². The topological polar surface area (TPSA) is 105 Å². The van der Waals surface area contributed by atoms with Gasteiger partial charge in [-0.3, -0.25) is 0 Å². The smallest absolute Gasteiger partial charge is 0.407 e. The quantitative estimate of drug-likeness (QED) is 0.423. The van der Waals surface area contributed by atoms with E-state index in [-0.39, 0.29) is 36.6 Å². The molecule has 1 amide bonds. The van der Waals surface area contributed by atoms with Crippen molar-refractivity contribution >= 4 is 12.1 Å². The van der Waals surface area contributed by atoms with Crippen LogP contribution in [0.3, 0.4) is 0 Å². The molecule has 0 saturated carbocycles. The highest BCUT2D eigenvalue weighted by Crippen LogP contribution is 2.44. The number of benzene rings is 3. The zero-order chi connectivity index (χ0) is 24.9. The largest absolute Gasteiger partial charge is 0.465 e. The molecule has 35 heavy (non-hydrogen) atoms. The number of methoxy groups -OCH3 is 1. The van der Waals surface area contributed by atoms with Gasteiger partial charge in [-0.25, -0.2) is 14.0 Å². The van der Waals surface area contributed by atoms with E-state index >= 15 is 0 Å². The first-order valence-electron chi connectivity index (χ1n) is 11.2. The van der Waals surface area contributed by atoms with Crippen molar-refractivity contribution in [2.45, 2.75) is 24.5 Å². The summed E-state index contributed by atoms with van der Waals surface area (Å²) in [6.45, 7) is 0.205. The van der Waals surface area contributed by atoms with Crippen LogP contribution in [0, 0.1) is 5.82 Å². The van der Waals surface area contributed by atoms with Crippen LogP contribution in [0.15, 0.2) is 66.7 Å². The summed E-state index contributed by atoms with van der Waals surface area (Å²) in [7, 11) is 1.12. The minimum atomic E-state index is -1.39. The summed E-state index contributed by atoms with van der Waals surface area (Å²) in [6.07, 6.45) is -3.28. The molecule has 0 spiro atoms. The summed E-state index contributed by atoms with van der Waals surface area (Å²) in [6, 6.07) is 19.5. The van der Waals surface area contributed by atoms with Crippen molar-refractivity contribution in [3.63, 3.8) is 0 Å². The van der Waals surface area contributed by atoms with E-state index in [0.717, 1.165) is 41.5 Å². The van der Waals surface area contributed by atoms with Gasteiger partial charge in [0.05, 0.1) is 18.8 Å². The molecule has 3 aromatic carbocycles. The van der Waals surface area contributed by atoms with Gasteiger partial charge in [0.15, 0.2) is 0 Å². The third-order valence-electron chi connectivity index (χ3n) is 6.15. The normalized spacial score (nSPS) is 13.9. The fourth-order valence-electron chi connectivity index (χ4n) is 4.34. The molecule has 0 saturated heterocycles. The molecule has 3 aromatic rings. The Morgan fingerprint density at radius 2 is 1.63 bits per heavy atom. The minimum Gasteiger partial charge on any atom is -0.465 e. The van der Waals surface area contributed by atoms with Crippen molar-refractivity contribution in [1.82, 2.24) is 5.32 Å². The number of fused-ring (bicyclic) bond motifs is 3. The highest BCUT2D eigenvalue weighted by Gasteiger charge is 2.29. The van der Waals surface area contributed by atoms with Gasteiger partial charge in [-0.1, -0.05) is 54.6 Å². The van der Waals surface area contributed by atoms with E-state index in [9.17, 15) is 24.2 Å². The summed E-state index contributed by atoms with van der Waals surface area (Å²) < 4.78 is 23.8. The number of nitrogens with one attached hydrogen (secondary N) is 1. The predicted molar refractivity (Wildman–Crippen MR) is 126 cm³/mol. The van der Waals surface area contributed by atoms with Crippen LogP contribution in [0.4, 0.5) is 9.18 Å². The number of aliphatic hydroxyl groups is 2. The van der Waals surface area contributed by atoms with Crippen LogP contribution in [-0.4, -0.2) is 48.6 Å². The maximum atomic E-state index is 13.8. The van der Waals surface area contributed by atoms with Gasteiger partial charge in [-0.05, 0) is 46.4 Å². The van der Waals surface area contributed by atoms with Crippen LogP contribution in [0.25, 0.3) is 11.1 Å². The Morgan fingerprint density at radius 1 is 1.00 bits per heavy atom. The fourth-order valence-corrected chi connectivity index (χ4v) is 4.34. The molecule has 1 aliphatic rings. The molecule has 4 rings (SSSR count). The zero-order valence-corrected chi connectivity index (χ0v) is 19.1. The third-order valence-corrected chi connectivity index (χ3v) is 6.15. The molecular formula is C27H26FNO6. The van der Waals surface area contributed by atoms with E-state index in [1.165, 1.54) is 6.07 Å². The van der Waals surface area contributed by atoms with E-state index in [1.807, 2.05) is 36.4 Å². The third kappa shape index (κ3) is 5.18. The molecule has 0 fully saturated rings. The molecule has 3 N–H and O–H groups in total. The van der Waals surface area contributed by atoms with Gasteiger partial charge >= 0.3 is 12.1 Å². The van der Waals surface area contributed by atoms with E-state index < -0.39 is 30.1 Å². The molecule has 182 valence electrons. The second-order valence-corrected chi connectivity index (χ2v) is 8.28. The van der Waals surface area contributed by atoms with E-state index in [0.29, 0.717) is 0 Å². The molecule has 0 radical (unpaired) electrons. The Morgan fingerprint density at radius 3 is 2.26 bits per heavy atom. The molecule has 0 aromatic heterocycles. The SMILES string of the molecule is COC(=O)c1cc(C(O)C(O)CCNC(=O)OCC2c3ccccc3-c3ccccc32)ccc1F. The lowest BCUT2D eigenvalue weighted by Crippen LogP contribution is -2.30. The number of hydrogen-bond acceptors (Lipinski definition) is 6. The van der Waals surface area contributed by atoms with Crippen molar-refractivity contribution in [3.8, 4) is 11.1 Å². The van der Waals surface area contributed by atoms with Crippen LogP contribution >= 0.6 is 0 Å². The van der Waals surface area contributed by atoms with Gasteiger partial charge < -0.3 is 25.0 Å². The van der Waals surface area contributed by atoms with Crippen LogP contribution in [0.2, 0.25) is 0 Å². The molecule has 2 atom stereocenters. The molecule has 7 nitrogen and oxygen atoms in total. The van der Waals surface area contributed by atoms with Gasteiger partial charge in [0.1, 0.15) is 18.5 Å². The van der Waals surface area contributed by atoms with Crippen molar-refractivity contribution in [2.75, 3.05) is 20.3 Å². The summed E-state index contributed by atoms with van der Waals surface area (Å²) in [5.74, 6) is -1.75. The van der Waals surface area contributed by atoms with Crippen LogP contribution in [0.1, 0.15) is 45.5 Å². The maximum absolute atomic E-state index is 13.8. The molecule has 2 unspecified atom stereocenters. The van der Waals surface area contributed by atoms with Crippen LogP contribution in [0.5, 0.6) is 0 Å². The number of aliphatic hydroxyl groups excluding tert-OH is 2. The van der Waals surface area contributed by atoms with Crippen molar-refractivity contribution in [1.29, 1.82) is 0 Å². The number of hydrogen-bond donors (Lipinski definition) is 3. The molecule has 0 bridgehead atoms. The molecule has 0 aliphatic heterocycles. The number of carbonyl (C=O) groups is 2. The summed E-state index contributed by atoms with van der Waals surface area (Å²) in [4.78, 5) is 23.9. The average molecular weight is 480 g/mol. The second-order valence-electron chi connectivity index (χ2n) is 8.28. The number of alkyl carbamates (subject to hydrolysis) is 1. The van der Waals surface area contributed by atoms with Crippen LogP contribution in [-0.2, 0) is 9.47 Å². The monoisotopic (exact) mass is 479 g/mol. The van der Waals surface area contributed by atoms with E-state index in [1.54, 1.807) is 0 Å².